The molecule has 1 amide bonds. The molecule has 7 nitrogen and oxygen atoms in total. The summed E-state index contributed by atoms with van der Waals surface area (Å²) in [5.41, 5.74) is 1.72. The second-order valence-electron chi connectivity index (χ2n) is 6.24. The summed E-state index contributed by atoms with van der Waals surface area (Å²) in [5, 5.41) is 11.5. The number of hydrogen-bond donors (Lipinski definition) is 0. The first-order chi connectivity index (χ1) is 12.7. The molecule has 0 unspecified atom stereocenters. The number of benzene rings is 1. The van der Waals surface area contributed by atoms with E-state index in [1.807, 2.05) is 48.2 Å². The Morgan fingerprint density at radius 2 is 2.04 bits per heavy atom. The van der Waals surface area contributed by atoms with Gasteiger partial charge in [-0.05, 0) is 53.6 Å². The van der Waals surface area contributed by atoms with Crippen LogP contribution in [0.2, 0.25) is 0 Å². The van der Waals surface area contributed by atoms with Crippen LogP contribution in [0, 0.1) is 6.92 Å². The van der Waals surface area contributed by atoms with Crippen LogP contribution in [0.1, 0.15) is 47.3 Å². The van der Waals surface area contributed by atoms with Crippen LogP contribution in [0.15, 0.2) is 47.1 Å². The third-order valence-corrected chi connectivity index (χ3v) is 4.24. The zero-order chi connectivity index (χ0) is 18.4. The molecule has 0 spiro atoms. The average molecular weight is 353 g/mol. The summed E-state index contributed by atoms with van der Waals surface area (Å²) in [4.78, 5) is 14.7. The van der Waals surface area contributed by atoms with Crippen molar-refractivity contribution in [1.82, 2.24) is 25.1 Å². The van der Waals surface area contributed by atoms with E-state index in [1.165, 1.54) is 0 Å². The fourth-order valence-electron chi connectivity index (χ4n) is 2.70. The summed E-state index contributed by atoms with van der Waals surface area (Å²) >= 11 is 0. The van der Waals surface area contributed by atoms with E-state index in [2.05, 4.69) is 22.4 Å². The van der Waals surface area contributed by atoms with Crippen molar-refractivity contribution in [1.29, 1.82) is 0 Å². The second-order valence-corrected chi connectivity index (χ2v) is 6.24. The van der Waals surface area contributed by atoms with E-state index < -0.39 is 0 Å². The molecule has 3 rings (SSSR count). The summed E-state index contributed by atoms with van der Waals surface area (Å²) in [6, 6.07) is 11.3. The minimum Gasteiger partial charge on any atom is -0.467 e. The van der Waals surface area contributed by atoms with Crippen molar-refractivity contribution in [3.63, 3.8) is 0 Å². The van der Waals surface area contributed by atoms with Gasteiger partial charge in [-0.15, -0.1) is 5.10 Å². The monoisotopic (exact) mass is 353 g/mol. The Morgan fingerprint density at radius 3 is 2.65 bits per heavy atom. The highest BCUT2D eigenvalue weighted by molar-refractivity contribution is 5.94. The number of unbranched alkanes of at least 4 members (excludes halogenated alkanes) is 1. The molecule has 0 atom stereocenters. The fraction of sp³-hybridized carbons (Fsp3) is 0.368. The first-order valence-corrected chi connectivity index (χ1v) is 8.80. The largest absolute Gasteiger partial charge is 0.467 e. The smallest absolute Gasteiger partial charge is 0.254 e. The van der Waals surface area contributed by atoms with Gasteiger partial charge in [0, 0.05) is 12.1 Å². The van der Waals surface area contributed by atoms with Crippen LogP contribution in [-0.2, 0) is 13.1 Å². The predicted octanol–water partition coefficient (Wildman–Crippen LogP) is 3.07. The molecule has 0 N–H and O–H groups in total. The van der Waals surface area contributed by atoms with Gasteiger partial charge in [0.1, 0.15) is 11.6 Å². The van der Waals surface area contributed by atoms with E-state index in [9.17, 15) is 4.79 Å². The average Bonchev–Trinajstić information content (AvgIpc) is 3.31. The van der Waals surface area contributed by atoms with E-state index in [-0.39, 0.29) is 5.91 Å². The minimum atomic E-state index is 0.0139. The van der Waals surface area contributed by atoms with Gasteiger partial charge < -0.3 is 9.32 Å². The molecule has 2 aromatic heterocycles. The lowest BCUT2D eigenvalue weighted by atomic mass is 10.1. The first-order valence-electron chi connectivity index (χ1n) is 8.80. The molecule has 3 aromatic rings. The Morgan fingerprint density at radius 1 is 1.23 bits per heavy atom. The Kier molecular flexibility index (Phi) is 5.78. The summed E-state index contributed by atoms with van der Waals surface area (Å²) in [5.74, 6) is 1.56. The molecule has 0 saturated heterocycles. The molecule has 0 fully saturated rings. The van der Waals surface area contributed by atoms with E-state index in [0.29, 0.717) is 25.2 Å². The van der Waals surface area contributed by atoms with Crippen LogP contribution in [0.4, 0.5) is 0 Å². The van der Waals surface area contributed by atoms with Crippen LogP contribution >= 0.6 is 0 Å². The Balaban J connectivity index is 1.70. The molecule has 0 aliphatic carbocycles. The zero-order valence-corrected chi connectivity index (χ0v) is 15.1. The quantitative estimate of drug-likeness (QED) is 0.622. The fourth-order valence-corrected chi connectivity index (χ4v) is 2.70. The number of carbonyl (C=O) groups is 1. The second kappa shape index (κ2) is 8.42. The Hall–Kier alpha value is -2.96. The molecule has 26 heavy (non-hydrogen) atoms. The highest BCUT2D eigenvalue weighted by Crippen LogP contribution is 2.13. The van der Waals surface area contributed by atoms with Crippen molar-refractivity contribution in [3.05, 3.63) is 65.4 Å². The summed E-state index contributed by atoms with van der Waals surface area (Å²) in [6.45, 7) is 5.75. The summed E-state index contributed by atoms with van der Waals surface area (Å²) in [7, 11) is 0. The summed E-state index contributed by atoms with van der Waals surface area (Å²) in [6.07, 6.45) is 3.63. The van der Waals surface area contributed by atoms with Gasteiger partial charge in [-0.3, -0.25) is 4.79 Å². The summed E-state index contributed by atoms with van der Waals surface area (Å²) < 4.78 is 7.13. The maximum Gasteiger partial charge on any atom is 0.254 e. The molecule has 0 aliphatic rings. The van der Waals surface area contributed by atoms with Crippen LogP contribution in [0.3, 0.4) is 0 Å². The van der Waals surface area contributed by atoms with Gasteiger partial charge in [0.25, 0.3) is 5.91 Å². The molecule has 0 bridgehead atoms. The van der Waals surface area contributed by atoms with Crippen LogP contribution in [-0.4, -0.2) is 37.6 Å². The maximum absolute atomic E-state index is 12.9. The van der Waals surface area contributed by atoms with Gasteiger partial charge in [0.05, 0.1) is 19.4 Å². The van der Waals surface area contributed by atoms with Crippen LogP contribution in [0.5, 0.6) is 0 Å². The van der Waals surface area contributed by atoms with Gasteiger partial charge in [0.2, 0.25) is 0 Å². The molecule has 0 radical (unpaired) electrons. The van der Waals surface area contributed by atoms with Gasteiger partial charge in [0.15, 0.2) is 0 Å². The molecule has 2 heterocycles. The van der Waals surface area contributed by atoms with Gasteiger partial charge in [-0.2, -0.15) is 0 Å². The third-order valence-electron chi connectivity index (χ3n) is 4.24. The maximum atomic E-state index is 12.9. The number of rotatable bonds is 8. The lowest BCUT2D eigenvalue weighted by Gasteiger charge is -2.21. The highest BCUT2D eigenvalue weighted by atomic mass is 16.3. The number of aromatic nitrogens is 4. The number of furan rings is 1. The normalized spacial score (nSPS) is 10.8. The SMILES string of the molecule is CCCCN(Cc1ccco1)C(=O)c1ccc(Cn2nnnc2C)cc1. The minimum absolute atomic E-state index is 0.0139. The third kappa shape index (κ3) is 4.36. The molecule has 0 saturated carbocycles. The Labute approximate surface area is 152 Å². The van der Waals surface area contributed by atoms with Crippen molar-refractivity contribution < 1.29 is 9.21 Å². The molecular weight excluding hydrogens is 330 g/mol. The molecule has 136 valence electrons. The van der Waals surface area contributed by atoms with Gasteiger partial charge in [-0.25, -0.2) is 4.68 Å². The van der Waals surface area contributed by atoms with E-state index in [4.69, 9.17) is 4.42 Å². The molecular formula is C19H23N5O2. The van der Waals surface area contributed by atoms with Crippen molar-refractivity contribution in [3.8, 4) is 0 Å². The number of tetrazole rings is 1. The number of amides is 1. The molecule has 0 aliphatic heterocycles. The van der Waals surface area contributed by atoms with Crippen molar-refractivity contribution >= 4 is 5.91 Å². The van der Waals surface area contributed by atoms with Crippen molar-refractivity contribution in [2.45, 2.75) is 39.8 Å². The predicted molar refractivity (Wildman–Crippen MR) is 96.5 cm³/mol. The van der Waals surface area contributed by atoms with Gasteiger partial charge in [-0.1, -0.05) is 25.5 Å². The zero-order valence-electron chi connectivity index (χ0n) is 15.1. The van der Waals surface area contributed by atoms with Crippen LogP contribution < -0.4 is 0 Å². The lowest BCUT2D eigenvalue weighted by molar-refractivity contribution is 0.0729. The number of hydrogen-bond acceptors (Lipinski definition) is 5. The molecule has 7 heteroatoms. The number of carbonyl (C=O) groups excluding carboxylic acids is 1. The topological polar surface area (TPSA) is 77.0 Å². The number of nitrogens with zero attached hydrogens (tertiary/aromatic N) is 5. The van der Waals surface area contributed by atoms with E-state index in [1.54, 1.807) is 10.9 Å². The van der Waals surface area contributed by atoms with E-state index >= 15 is 0 Å². The van der Waals surface area contributed by atoms with Crippen molar-refractivity contribution in [2.24, 2.45) is 0 Å². The van der Waals surface area contributed by atoms with Gasteiger partial charge >= 0.3 is 0 Å². The Bertz CT molecular complexity index is 824. The van der Waals surface area contributed by atoms with E-state index in [0.717, 1.165) is 30.0 Å². The molecule has 1 aromatic carbocycles. The first kappa shape index (κ1) is 17.8. The number of aryl methyl sites for hydroxylation is 1. The lowest BCUT2D eigenvalue weighted by Crippen LogP contribution is -2.31. The van der Waals surface area contributed by atoms with Crippen LogP contribution in [0.25, 0.3) is 0 Å². The highest BCUT2D eigenvalue weighted by Gasteiger charge is 2.17. The standard InChI is InChI=1S/C19H23N5O2/c1-3-4-11-23(14-18-6-5-12-26-18)19(25)17-9-7-16(8-10-17)13-24-15(2)20-21-22-24/h5-10,12H,3-4,11,13-14H2,1-2H3. The van der Waals surface area contributed by atoms with Crippen molar-refractivity contribution in [2.75, 3.05) is 6.54 Å².